The fourth-order valence-electron chi connectivity index (χ4n) is 2.92. The Bertz CT molecular complexity index is 846. The average Bonchev–Trinajstić information content (AvgIpc) is 2.83. The largest absolute Gasteiger partial charge is 0.363 e. The Balaban J connectivity index is 2.12. The SMILES string of the molecule is CC1(C)C(c2ccccc2)=NN(c2ccc([N+](=O)[O-])cc2)[C@@]1(O)C=O. The number of non-ortho nitro benzene ring substituents is 1. The van der Waals surface area contributed by atoms with Gasteiger partial charge in [0.1, 0.15) is 0 Å². The van der Waals surface area contributed by atoms with Crippen LogP contribution in [0.15, 0.2) is 59.7 Å². The highest BCUT2D eigenvalue weighted by atomic mass is 16.6. The molecule has 0 fully saturated rings. The van der Waals surface area contributed by atoms with Crippen LogP contribution in [0.5, 0.6) is 0 Å². The van der Waals surface area contributed by atoms with Gasteiger partial charge < -0.3 is 5.11 Å². The van der Waals surface area contributed by atoms with E-state index in [0.29, 0.717) is 17.7 Å². The van der Waals surface area contributed by atoms with E-state index in [1.807, 2.05) is 30.3 Å². The molecule has 0 bridgehead atoms. The molecule has 0 spiro atoms. The van der Waals surface area contributed by atoms with Crippen molar-refractivity contribution in [2.45, 2.75) is 19.6 Å². The molecule has 7 nitrogen and oxygen atoms in total. The van der Waals surface area contributed by atoms with Crippen LogP contribution in [0.25, 0.3) is 0 Å². The van der Waals surface area contributed by atoms with E-state index in [1.54, 1.807) is 13.8 Å². The third-order valence-corrected chi connectivity index (χ3v) is 4.55. The predicted molar refractivity (Wildman–Crippen MR) is 93.3 cm³/mol. The van der Waals surface area contributed by atoms with Gasteiger partial charge in [-0.25, -0.2) is 5.01 Å². The fraction of sp³-hybridized carbons (Fsp3) is 0.222. The molecule has 1 atom stereocenters. The van der Waals surface area contributed by atoms with Crippen molar-refractivity contribution in [3.63, 3.8) is 0 Å². The van der Waals surface area contributed by atoms with Crippen molar-refractivity contribution >= 4 is 23.4 Å². The lowest BCUT2D eigenvalue weighted by Crippen LogP contribution is -2.55. The molecule has 0 saturated heterocycles. The van der Waals surface area contributed by atoms with Crippen molar-refractivity contribution in [1.29, 1.82) is 0 Å². The number of nitrogens with zero attached hydrogens (tertiary/aromatic N) is 3. The van der Waals surface area contributed by atoms with Crippen molar-refractivity contribution in [2.75, 3.05) is 5.01 Å². The second kappa shape index (κ2) is 5.78. The first-order valence-electron chi connectivity index (χ1n) is 7.69. The lowest BCUT2D eigenvalue weighted by Gasteiger charge is -2.37. The fourth-order valence-corrected chi connectivity index (χ4v) is 2.92. The first-order chi connectivity index (χ1) is 11.8. The number of carbonyl (C=O) groups excluding carboxylic acids is 1. The van der Waals surface area contributed by atoms with Gasteiger partial charge in [0.05, 0.1) is 21.7 Å². The van der Waals surface area contributed by atoms with E-state index in [4.69, 9.17) is 0 Å². The maximum atomic E-state index is 11.8. The Kier molecular flexibility index (Phi) is 3.88. The molecule has 7 heteroatoms. The van der Waals surface area contributed by atoms with Gasteiger partial charge in [0, 0.05) is 12.1 Å². The van der Waals surface area contributed by atoms with Gasteiger partial charge in [0.2, 0.25) is 5.72 Å². The molecule has 128 valence electrons. The summed E-state index contributed by atoms with van der Waals surface area (Å²) in [6.07, 6.45) is 0.452. The molecule has 1 heterocycles. The lowest BCUT2D eigenvalue weighted by atomic mass is 9.75. The summed E-state index contributed by atoms with van der Waals surface area (Å²) < 4.78 is 0. The highest BCUT2D eigenvalue weighted by Gasteiger charge is 2.57. The molecule has 0 aromatic heterocycles. The van der Waals surface area contributed by atoms with Crippen molar-refractivity contribution in [3.8, 4) is 0 Å². The maximum Gasteiger partial charge on any atom is 0.269 e. The van der Waals surface area contributed by atoms with Crippen LogP contribution in [-0.2, 0) is 4.79 Å². The highest BCUT2D eigenvalue weighted by Crippen LogP contribution is 2.44. The summed E-state index contributed by atoms with van der Waals surface area (Å²) in [6.45, 7) is 3.47. The summed E-state index contributed by atoms with van der Waals surface area (Å²) in [5.41, 5.74) is -1.24. The van der Waals surface area contributed by atoms with Crippen molar-refractivity contribution in [3.05, 3.63) is 70.3 Å². The van der Waals surface area contributed by atoms with Crippen molar-refractivity contribution in [1.82, 2.24) is 0 Å². The van der Waals surface area contributed by atoms with Crippen LogP contribution in [-0.4, -0.2) is 27.8 Å². The summed E-state index contributed by atoms with van der Waals surface area (Å²) >= 11 is 0. The number of aldehydes is 1. The normalized spacial score (nSPS) is 21.7. The van der Waals surface area contributed by atoms with Crippen LogP contribution in [0.1, 0.15) is 19.4 Å². The Labute approximate surface area is 144 Å². The molecule has 0 radical (unpaired) electrons. The molecule has 2 aromatic rings. The van der Waals surface area contributed by atoms with E-state index >= 15 is 0 Å². The van der Waals surface area contributed by atoms with Crippen LogP contribution in [0.4, 0.5) is 11.4 Å². The van der Waals surface area contributed by atoms with E-state index in [2.05, 4.69) is 5.10 Å². The van der Waals surface area contributed by atoms with Gasteiger partial charge in [-0.05, 0) is 31.5 Å². The maximum absolute atomic E-state index is 11.8. The van der Waals surface area contributed by atoms with Gasteiger partial charge in [-0.2, -0.15) is 5.10 Å². The van der Waals surface area contributed by atoms with Crippen LogP contribution >= 0.6 is 0 Å². The molecule has 1 aliphatic heterocycles. The zero-order valence-corrected chi connectivity index (χ0v) is 13.8. The summed E-state index contributed by atoms with van der Waals surface area (Å²) in [6, 6.07) is 14.8. The van der Waals surface area contributed by atoms with Crippen molar-refractivity contribution in [2.24, 2.45) is 10.5 Å². The summed E-state index contributed by atoms with van der Waals surface area (Å²) in [7, 11) is 0. The molecule has 2 aromatic carbocycles. The van der Waals surface area contributed by atoms with Gasteiger partial charge in [0.15, 0.2) is 6.29 Å². The number of rotatable bonds is 4. The minimum absolute atomic E-state index is 0.0795. The standard InChI is InChI=1S/C18H17N3O4/c1-17(2)16(13-6-4-3-5-7-13)19-20(18(17,23)12-22)14-8-10-15(11-9-14)21(24)25/h3-12,23H,1-2H3/t18-/m1/s1. The van der Waals surface area contributed by atoms with Crippen molar-refractivity contribution < 1.29 is 14.8 Å². The molecule has 1 aliphatic rings. The van der Waals surface area contributed by atoms with Gasteiger partial charge in [0.25, 0.3) is 5.69 Å². The summed E-state index contributed by atoms with van der Waals surface area (Å²) in [5, 5.41) is 27.6. The molecule has 0 saturated carbocycles. The zero-order chi connectivity index (χ0) is 18.2. The lowest BCUT2D eigenvalue weighted by molar-refractivity contribution is -0.384. The van der Waals surface area contributed by atoms with Gasteiger partial charge in [-0.15, -0.1) is 0 Å². The third-order valence-electron chi connectivity index (χ3n) is 4.55. The number of hydrogen-bond acceptors (Lipinski definition) is 6. The number of hydrazone groups is 1. The number of nitro benzene ring substituents is 1. The van der Waals surface area contributed by atoms with Gasteiger partial charge in [-0.1, -0.05) is 30.3 Å². The first kappa shape index (κ1) is 16.8. The number of benzene rings is 2. The molecular weight excluding hydrogens is 322 g/mol. The Morgan fingerprint density at radius 1 is 1.12 bits per heavy atom. The van der Waals surface area contributed by atoms with Gasteiger partial charge in [-0.3, -0.25) is 14.9 Å². The number of hydrogen-bond donors (Lipinski definition) is 1. The average molecular weight is 339 g/mol. The zero-order valence-electron chi connectivity index (χ0n) is 13.8. The first-order valence-corrected chi connectivity index (χ1v) is 7.69. The van der Waals surface area contributed by atoms with Crippen LogP contribution < -0.4 is 5.01 Å². The quantitative estimate of drug-likeness (QED) is 0.525. The van der Waals surface area contributed by atoms with Gasteiger partial charge >= 0.3 is 0 Å². The Morgan fingerprint density at radius 3 is 2.24 bits per heavy atom. The molecule has 3 rings (SSSR count). The number of carbonyl (C=O) groups is 1. The molecule has 0 amide bonds. The molecule has 25 heavy (non-hydrogen) atoms. The minimum atomic E-state index is -1.91. The topological polar surface area (TPSA) is 96.0 Å². The van der Waals surface area contributed by atoms with E-state index in [9.17, 15) is 20.0 Å². The third kappa shape index (κ3) is 2.49. The Morgan fingerprint density at radius 2 is 1.72 bits per heavy atom. The smallest absolute Gasteiger partial charge is 0.269 e. The molecular formula is C18H17N3O4. The van der Waals surface area contributed by atoms with Crippen LogP contribution in [0.3, 0.4) is 0 Å². The number of anilines is 1. The number of aliphatic hydroxyl groups is 1. The van der Waals surface area contributed by atoms with E-state index in [-0.39, 0.29) is 5.69 Å². The number of nitro groups is 1. The predicted octanol–water partition coefficient (Wildman–Crippen LogP) is 2.73. The molecule has 0 aliphatic carbocycles. The second-order valence-corrected chi connectivity index (χ2v) is 6.37. The van der Waals surface area contributed by atoms with E-state index < -0.39 is 16.1 Å². The highest BCUT2D eigenvalue weighted by molar-refractivity contribution is 6.10. The van der Waals surface area contributed by atoms with Crippen LogP contribution in [0, 0.1) is 15.5 Å². The summed E-state index contributed by atoms with van der Waals surface area (Å²) in [4.78, 5) is 22.1. The minimum Gasteiger partial charge on any atom is -0.363 e. The molecule has 0 unspecified atom stereocenters. The van der Waals surface area contributed by atoms with Crippen LogP contribution in [0.2, 0.25) is 0 Å². The summed E-state index contributed by atoms with van der Waals surface area (Å²) in [5.74, 6) is 0. The monoisotopic (exact) mass is 339 g/mol. The molecule has 1 N–H and O–H groups in total. The Hall–Kier alpha value is -3.06. The van der Waals surface area contributed by atoms with E-state index in [1.165, 1.54) is 29.3 Å². The second-order valence-electron chi connectivity index (χ2n) is 6.37. The van der Waals surface area contributed by atoms with E-state index in [0.717, 1.165) is 5.56 Å².